The fraction of sp³-hybridized carbons (Fsp3) is 0.750. The standard InChI is InChI=1S/C8H15NO2/c1-4-9(5-2)8(11)6-7(3)10/h4-6H2,1-3H3. The molecule has 0 aliphatic heterocycles. The van der Waals surface area contributed by atoms with E-state index in [4.69, 9.17) is 0 Å². The number of hydrogen-bond donors (Lipinski definition) is 0. The van der Waals surface area contributed by atoms with Gasteiger partial charge in [0.25, 0.3) is 0 Å². The number of amides is 1. The third kappa shape index (κ3) is 3.75. The Labute approximate surface area is 67.4 Å². The number of carbonyl (C=O) groups is 2. The molecule has 0 rings (SSSR count). The highest BCUT2D eigenvalue weighted by atomic mass is 16.2. The lowest BCUT2D eigenvalue weighted by Gasteiger charge is -2.17. The molecule has 0 unspecified atom stereocenters. The second kappa shape index (κ2) is 4.88. The molecule has 0 radical (unpaired) electrons. The van der Waals surface area contributed by atoms with Crippen LogP contribution in [0.15, 0.2) is 0 Å². The van der Waals surface area contributed by atoms with Crippen LogP contribution in [0.2, 0.25) is 0 Å². The second-order valence-electron chi connectivity index (χ2n) is 2.44. The van der Waals surface area contributed by atoms with Gasteiger partial charge in [0.1, 0.15) is 5.78 Å². The molecule has 0 fully saturated rings. The van der Waals surface area contributed by atoms with Crippen LogP contribution in [0.25, 0.3) is 0 Å². The Morgan fingerprint density at radius 3 is 1.91 bits per heavy atom. The summed E-state index contributed by atoms with van der Waals surface area (Å²) in [4.78, 5) is 23.3. The Morgan fingerprint density at radius 2 is 1.64 bits per heavy atom. The summed E-state index contributed by atoms with van der Waals surface area (Å²) in [6, 6.07) is 0. The van der Waals surface area contributed by atoms with Gasteiger partial charge in [0, 0.05) is 13.1 Å². The molecule has 0 atom stereocenters. The van der Waals surface area contributed by atoms with Crippen LogP contribution in [0, 0.1) is 0 Å². The smallest absolute Gasteiger partial charge is 0.229 e. The van der Waals surface area contributed by atoms with Gasteiger partial charge in [-0.2, -0.15) is 0 Å². The summed E-state index contributed by atoms with van der Waals surface area (Å²) in [5, 5.41) is 0. The van der Waals surface area contributed by atoms with Crippen LogP contribution in [-0.2, 0) is 9.59 Å². The van der Waals surface area contributed by atoms with E-state index in [2.05, 4.69) is 0 Å². The molecule has 0 heterocycles. The van der Waals surface area contributed by atoms with E-state index in [-0.39, 0.29) is 18.1 Å². The van der Waals surface area contributed by atoms with Crippen LogP contribution in [0.3, 0.4) is 0 Å². The zero-order valence-corrected chi connectivity index (χ0v) is 7.39. The number of ketones is 1. The summed E-state index contributed by atoms with van der Waals surface area (Å²) in [5.41, 5.74) is 0. The molecule has 0 saturated carbocycles. The van der Waals surface area contributed by atoms with Gasteiger partial charge in [-0.05, 0) is 20.8 Å². The van der Waals surface area contributed by atoms with Crippen LogP contribution >= 0.6 is 0 Å². The molecular formula is C8H15NO2. The fourth-order valence-electron chi connectivity index (χ4n) is 0.901. The molecule has 0 aliphatic carbocycles. The topological polar surface area (TPSA) is 37.4 Å². The molecular weight excluding hydrogens is 142 g/mol. The number of carbonyl (C=O) groups excluding carboxylic acids is 2. The van der Waals surface area contributed by atoms with E-state index in [1.54, 1.807) is 4.90 Å². The lowest BCUT2D eigenvalue weighted by Crippen LogP contribution is -2.31. The van der Waals surface area contributed by atoms with E-state index < -0.39 is 0 Å². The van der Waals surface area contributed by atoms with Crippen molar-refractivity contribution in [2.24, 2.45) is 0 Å². The van der Waals surface area contributed by atoms with Gasteiger partial charge in [-0.1, -0.05) is 0 Å². The van der Waals surface area contributed by atoms with Gasteiger partial charge in [-0.3, -0.25) is 9.59 Å². The van der Waals surface area contributed by atoms with E-state index in [9.17, 15) is 9.59 Å². The van der Waals surface area contributed by atoms with E-state index in [1.165, 1.54) is 6.92 Å². The Balaban J connectivity index is 3.89. The van der Waals surface area contributed by atoms with Crippen molar-refractivity contribution >= 4 is 11.7 Å². The minimum Gasteiger partial charge on any atom is -0.343 e. The van der Waals surface area contributed by atoms with Crippen LogP contribution in [0.4, 0.5) is 0 Å². The monoisotopic (exact) mass is 157 g/mol. The van der Waals surface area contributed by atoms with Gasteiger partial charge < -0.3 is 4.90 Å². The first-order valence-corrected chi connectivity index (χ1v) is 3.89. The molecule has 0 aromatic heterocycles. The number of Topliss-reactive ketones (excluding diaryl/α,β-unsaturated/α-hetero) is 1. The van der Waals surface area contributed by atoms with Gasteiger partial charge in [-0.25, -0.2) is 0 Å². The number of nitrogens with zero attached hydrogens (tertiary/aromatic N) is 1. The first kappa shape index (κ1) is 10.1. The van der Waals surface area contributed by atoms with Gasteiger partial charge in [-0.15, -0.1) is 0 Å². The largest absolute Gasteiger partial charge is 0.343 e. The third-order valence-corrected chi connectivity index (χ3v) is 1.52. The molecule has 1 amide bonds. The first-order valence-electron chi connectivity index (χ1n) is 3.89. The quantitative estimate of drug-likeness (QED) is 0.567. The summed E-state index contributed by atoms with van der Waals surface area (Å²) in [6.07, 6.45) is 0.0433. The number of hydrogen-bond acceptors (Lipinski definition) is 2. The number of rotatable bonds is 4. The van der Waals surface area contributed by atoms with Crippen LogP contribution in [0.5, 0.6) is 0 Å². The Morgan fingerprint density at radius 1 is 1.18 bits per heavy atom. The lowest BCUT2D eigenvalue weighted by molar-refractivity contribution is -0.134. The fourth-order valence-corrected chi connectivity index (χ4v) is 0.901. The zero-order chi connectivity index (χ0) is 8.85. The van der Waals surface area contributed by atoms with E-state index in [0.717, 1.165) is 0 Å². The Hall–Kier alpha value is -0.860. The summed E-state index contributed by atoms with van der Waals surface area (Å²) >= 11 is 0. The third-order valence-electron chi connectivity index (χ3n) is 1.52. The van der Waals surface area contributed by atoms with Crippen molar-refractivity contribution in [2.75, 3.05) is 13.1 Å². The normalized spacial score (nSPS) is 9.36. The molecule has 0 aromatic rings. The highest BCUT2D eigenvalue weighted by molar-refractivity contribution is 5.96. The minimum atomic E-state index is -0.0677. The molecule has 0 N–H and O–H groups in total. The van der Waals surface area contributed by atoms with Crippen LogP contribution in [-0.4, -0.2) is 29.7 Å². The molecule has 0 spiro atoms. The van der Waals surface area contributed by atoms with E-state index >= 15 is 0 Å². The maximum absolute atomic E-state index is 11.1. The predicted molar refractivity (Wildman–Crippen MR) is 43.2 cm³/mol. The predicted octanol–water partition coefficient (Wildman–Crippen LogP) is 0.834. The van der Waals surface area contributed by atoms with Gasteiger partial charge >= 0.3 is 0 Å². The maximum atomic E-state index is 11.1. The van der Waals surface area contributed by atoms with Gasteiger partial charge in [0.2, 0.25) is 5.91 Å². The highest BCUT2D eigenvalue weighted by Crippen LogP contribution is 1.93. The molecule has 11 heavy (non-hydrogen) atoms. The van der Waals surface area contributed by atoms with Crippen molar-refractivity contribution in [2.45, 2.75) is 27.2 Å². The van der Waals surface area contributed by atoms with Crippen molar-refractivity contribution in [1.29, 1.82) is 0 Å². The SMILES string of the molecule is CCN(CC)C(=O)CC(C)=O. The summed E-state index contributed by atoms with van der Waals surface area (Å²) in [7, 11) is 0. The minimum absolute atomic E-state index is 0.0433. The molecule has 3 nitrogen and oxygen atoms in total. The van der Waals surface area contributed by atoms with E-state index in [0.29, 0.717) is 13.1 Å². The molecule has 64 valence electrons. The van der Waals surface area contributed by atoms with Crippen molar-refractivity contribution in [3.05, 3.63) is 0 Å². The molecule has 3 heteroatoms. The Bertz CT molecular complexity index is 150. The van der Waals surface area contributed by atoms with Crippen molar-refractivity contribution in [3.8, 4) is 0 Å². The molecule has 0 saturated heterocycles. The summed E-state index contributed by atoms with van der Waals surface area (Å²) in [5.74, 6) is -0.135. The first-order chi connectivity index (χ1) is 5.11. The zero-order valence-electron chi connectivity index (χ0n) is 7.39. The second-order valence-corrected chi connectivity index (χ2v) is 2.44. The van der Waals surface area contributed by atoms with Crippen LogP contribution in [0.1, 0.15) is 27.2 Å². The summed E-state index contributed by atoms with van der Waals surface area (Å²) in [6.45, 7) is 6.61. The summed E-state index contributed by atoms with van der Waals surface area (Å²) < 4.78 is 0. The van der Waals surface area contributed by atoms with Crippen molar-refractivity contribution in [1.82, 2.24) is 4.90 Å². The highest BCUT2D eigenvalue weighted by Gasteiger charge is 2.10. The molecule has 0 bridgehead atoms. The van der Waals surface area contributed by atoms with Crippen LogP contribution < -0.4 is 0 Å². The van der Waals surface area contributed by atoms with Crippen molar-refractivity contribution in [3.63, 3.8) is 0 Å². The maximum Gasteiger partial charge on any atom is 0.229 e. The average Bonchev–Trinajstić information content (AvgIpc) is 1.88. The van der Waals surface area contributed by atoms with Gasteiger partial charge in [0.05, 0.1) is 6.42 Å². The Kier molecular flexibility index (Phi) is 4.50. The molecule has 0 aromatic carbocycles. The van der Waals surface area contributed by atoms with Crippen molar-refractivity contribution < 1.29 is 9.59 Å². The average molecular weight is 157 g/mol. The molecule has 0 aliphatic rings. The lowest BCUT2D eigenvalue weighted by atomic mass is 10.3. The van der Waals surface area contributed by atoms with E-state index in [1.807, 2.05) is 13.8 Å². The van der Waals surface area contributed by atoms with Gasteiger partial charge in [0.15, 0.2) is 0 Å².